The number of amidine groups is 1. The van der Waals surface area contributed by atoms with Crippen LogP contribution in [0.4, 0.5) is 0 Å². The summed E-state index contributed by atoms with van der Waals surface area (Å²) < 4.78 is 35.4. The molecule has 1 saturated heterocycles. The average Bonchev–Trinajstić information content (AvgIpc) is 3.02. The van der Waals surface area contributed by atoms with Crippen LogP contribution in [0.15, 0.2) is 23.2 Å². The van der Waals surface area contributed by atoms with Crippen molar-refractivity contribution >= 4 is 16.0 Å². The van der Waals surface area contributed by atoms with Crippen molar-refractivity contribution in [3.05, 3.63) is 29.3 Å². The first-order valence-corrected chi connectivity index (χ1v) is 10.3. The van der Waals surface area contributed by atoms with E-state index in [1.807, 2.05) is 11.1 Å². The van der Waals surface area contributed by atoms with Crippen LogP contribution in [-0.2, 0) is 14.3 Å². The maximum absolute atomic E-state index is 12.0. The molecule has 0 aliphatic carbocycles. The molecule has 0 spiro atoms. The fraction of sp³-hybridized carbons (Fsp3) is 0.500. The molecule has 1 aromatic carbocycles. The van der Waals surface area contributed by atoms with E-state index in [9.17, 15) is 13.7 Å². The number of hydrogen-bond acceptors (Lipinski definition) is 7. The van der Waals surface area contributed by atoms with Crippen LogP contribution in [-0.4, -0.2) is 43.7 Å². The van der Waals surface area contributed by atoms with Gasteiger partial charge in [0.2, 0.25) is 6.19 Å². The van der Waals surface area contributed by atoms with Gasteiger partial charge in [0.25, 0.3) is 10.1 Å². The van der Waals surface area contributed by atoms with Crippen LogP contribution < -0.4 is 4.74 Å². The number of hydrogen-bond donors (Lipinski definition) is 0. The van der Waals surface area contributed by atoms with Crippen molar-refractivity contribution in [2.45, 2.75) is 44.4 Å². The SMILES string of the molecule is CC1(C)Oc2ccc(C#N)cc2[C@H](N2CCCC2=NC#N)[C@H]1OS(C)(=O)=O. The summed E-state index contributed by atoms with van der Waals surface area (Å²) in [4.78, 5) is 5.80. The summed E-state index contributed by atoms with van der Waals surface area (Å²) in [5.74, 6) is 1.14. The Labute approximate surface area is 158 Å². The zero-order valence-corrected chi connectivity index (χ0v) is 16.2. The number of nitrogens with zero attached hydrogens (tertiary/aromatic N) is 4. The number of aliphatic imine (C=N–C) groups is 1. The highest BCUT2D eigenvalue weighted by molar-refractivity contribution is 7.86. The lowest BCUT2D eigenvalue weighted by atomic mass is 9.85. The lowest BCUT2D eigenvalue weighted by molar-refractivity contribution is -0.0627. The van der Waals surface area contributed by atoms with Crippen LogP contribution >= 0.6 is 0 Å². The third kappa shape index (κ3) is 3.75. The molecular weight excluding hydrogens is 368 g/mol. The van der Waals surface area contributed by atoms with Crippen molar-refractivity contribution in [1.29, 1.82) is 10.5 Å². The average molecular weight is 388 g/mol. The van der Waals surface area contributed by atoms with Gasteiger partial charge in [-0.25, -0.2) is 0 Å². The van der Waals surface area contributed by atoms with Crippen molar-refractivity contribution < 1.29 is 17.3 Å². The second kappa shape index (κ2) is 6.84. The number of benzene rings is 1. The molecule has 3 rings (SSSR count). The van der Waals surface area contributed by atoms with Crippen LogP contribution in [0.1, 0.15) is 43.9 Å². The summed E-state index contributed by atoms with van der Waals surface area (Å²) in [5.41, 5.74) is 0.114. The van der Waals surface area contributed by atoms with E-state index in [-0.39, 0.29) is 0 Å². The number of rotatable bonds is 3. The van der Waals surface area contributed by atoms with Crippen molar-refractivity contribution in [1.82, 2.24) is 4.90 Å². The summed E-state index contributed by atoms with van der Waals surface area (Å²) in [5, 5.41) is 18.3. The first kappa shape index (κ1) is 19.2. The standard InChI is InChI=1S/C18H20N4O4S/c1-18(2)17(26-27(3,23)24)16(22-8-4-5-15(22)21-11-20)13-9-12(10-19)6-7-14(13)25-18/h6-7,9,16-17H,4-5,8H2,1-3H3/t16-,17+/m0/s1. The van der Waals surface area contributed by atoms with E-state index in [1.165, 1.54) is 0 Å². The van der Waals surface area contributed by atoms with E-state index < -0.39 is 27.9 Å². The fourth-order valence-electron chi connectivity index (χ4n) is 3.67. The van der Waals surface area contributed by atoms with Crippen molar-refractivity contribution in [3.8, 4) is 18.0 Å². The molecule has 2 heterocycles. The summed E-state index contributed by atoms with van der Waals surface area (Å²) in [7, 11) is -3.78. The molecule has 27 heavy (non-hydrogen) atoms. The normalized spacial score (nSPS) is 25.4. The third-order valence-electron chi connectivity index (χ3n) is 4.73. The van der Waals surface area contributed by atoms with Crippen molar-refractivity contribution in [2.75, 3.05) is 12.8 Å². The monoisotopic (exact) mass is 388 g/mol. The Morgan fingerprint density at radius 1 is 1.37 bits per heavy atom. The zero-order chi connectivity index (χ0) is 19.8. The Bertz CT molecular complexity index is 972. The first-order chi connectivity index (χ1) is 12.7. The fourth-order valence-corrected chi connectivity index (χ4v) is 4.39. The lowest BCUT2D eigenvalue weighted by Gasteiger charge is -2.47. The Kier molecular flexibility index (Phi) is 4.85. The highest BCUT2D eigenvalue weighted by Gasteiger charge is 2.50. The Morgan fingerprint density at radius 3 is 2.74 bits per heavy atom. The van der Waals surface area contributed by atoms with Gasteiger partial charge in [-0.2, -0.15) is 23.9 Å². The molecule has 1 aromatic rings. The predicted molar refractivity (Wildman–Crippen MR) is 97.3 cm³/mol. The van der Waals surface area contributed by atoms with Crippen LogP contribution in [0.2, 0.25) is 0 Å². The van der Waals surface area contributed by atoms with E-state index in [1.54, 1.807) is 32.0 Å². The van der Waals surface area contributed by atoms with Gasteiger partial charge in [0.15, 0.2) is 0 Å². The maximum Gasteiger partial charge on any atom is 0.264 e. The van der Waals surface area contributed by atoms with Gasteiger partial charge in [-0.05, 0) is 38.5 Å². The van der Waals surface area contributed by atoms with Crippen LogP contribution in [0, 0.1) is 22.8 Å². The first-order valence-electron chi connectivity index (χ1n) is 8.50. The second-order valence-corrected chi connectivity index (χ2v) is 8.76. The van der Waals surface area contributed by atoms with Crippen molar-refractivity contribution in [3.63, 3.8) is 0 Å². The smallest absolute Gasteiger partial charge is 0.264 e. The minimum absolute atomic E-state index is 0.429. The minimum atomic E-state index is -3.78. The number of fused-ring (bicyclic) bond motifs is 1. The molecule has 1 fully saturated rings. The lowest BCUT2D eigenvalue weighted by Crippen LogP contribution is -2.55. The summed E-state index contributed by atoms with van der Waals surface area (Å²) in [6.07, 6.45) is 3.33. The van der Waals surface area contributed by atoms with E-state index in [2.05, 4.69) is 11.1 Å². The molecule has 2 aliphatic heterocycles. The molecule has 2 aliphatic rings. The van der Waals surface area contributed by atoms with Crippen LogP contribution in [0.3, 0.4) is 0 Å². The summed E-state index contributed by atoms with van der Waals surface area (Å²) in [6.45, 7) is 4.11. The molecule has 0 saturated carbocycles. The van der Waals surface area contributed by atoms with Gasteiger partial charge in [-0.15, -0.1) is 0 Å². The Balaban J connectivity index is 2.20. The molecule has 0 amide bonds. The van der Waals surface area contributed by atoms with Crippen LogP contribution in [0.5, 0.6) is 5.75 Å². The summed E-state index contributed by atoms with van der Waals surface area (Å²) in [6, 6.07) is 6.57. The molecule has 2 atom stereocenters. The molecule has 0 unspecified atom stereocenters. The van der Waals surface area contributed by atoms with Gasteiger partial charge >= 0.3 is 0 Å². The van der Waals surface area contributed by atoms with Crippen molar-refractivity contribution in [2.24, 2.45) is 4.99 Å². The molecule has 9 heteroatoms. The van der Waals surface area contributed by atoms with Gasteiger partial charge in [0, 0.05) is 18.5 Å². The molecular formula is C18H20N4O4S. The van der Waals surface area contributed by atoms with E-state index >= 15 is 0 Å². The van der Waals surface area contributed by atoms with Gasteiger partial charge in [-0.3, -0.25) is 4.18 Å². The van der Waals surface area contributed by atoms with E-state index in [4.69, 9.17) is 14.2 Å². The van der Waals surface area contributed by atoms with Crippen LogP contribution in [0.25, 0.3) is 0 Å². The van der Waals surface area contributed by atoms with Gasteiger partial charge in [0.05, 0.1) is 23.9 Å². The Hall–Kier alpha value is -2.62. The number of likely N-dealkylation sites (tertiary alicyclic amines) is 1. The third-order valence-corrected chi connectivity index (χ3v) is 5.28. The summed E-state index contributed by atoms with van der Waals surface area (Å²) >= 11 is 0. The van der Waals surface area contributed by atoms with Gasteiger partial charge in [0.1, 0.15) is 23.3 Å². The van der Waals surface area contributed by atoms with Gasteiger partial charge < -0.3 is 9.64 Å². The zero-order valence-electron chi connectivity index (χ0n) is 15.3. The highest BCUT2D eigenvalue weighted by atomic mass is 32.2. The maximum atomic E-state index is 12.0. The molecule has 142 valence electrons. The van der Waals surface area contributed by atoms with E-state index in [0.29, 0.717) is 35.7 Å². The quantitative estimate of drug-likeness (QED) is 0.575. The largest absolute Gasteiger partial charge is 0.485 e. The molecule has 0 bridgehead atoms. The molecule has 0 N–H and O–H groups in total. The van der Waals surface area contributed by atoms with Gasteiger partial charge in [-0.1, -0.05) is 0 Å². The minimum Gasteiger partial charge on any atom is -0.485 e. The number of nitriles is 2. The second-order valence-electron chi connectivity index (χ2n) is 7.16. The number of ether oxygens (including phenoxy) is 1. The molecule has 8 nitrogen and oxygen atoms in total. The predicted octanol–water partition coefficient (Wildman–Crippen LogP) is 2.09. The molecule has 0 aromatic heterocycles. The Morgan fingerprint density at radius 2 is 2.11 bits per heavy atom. The highest BCUT2D eigenvalue weighted by Crippen LogP contribution is 2.46. The topological polar surface area (TPSA) is 116 Å². The van der Waals surface area contributed by atoms with E-state index in [0.717, 1.165) is 12.7 Å². The molecule has 0 radical (unpaired) electrons.